The predicted octanol–water partition coefficient (Wildman–Crippen LogP) is 3.33. The summed E-state index contributed by atoms with van der Waals surface area (Å²) < 4.78 is 29.0. The first-order valence-electron chi connectivity index (χ1n) is 7.31. The van der Waals surface area contributed by atoms with E-state index in [-0.39, 0.29) is 47.0 Å². The molecule has 124 valence electrons. The second kappa shape index (κ2) is 6.28. The third-order valence-corrected chi connectivity index (χ3v) is 4.24. The summed E-state index contributed by atoms with van der Waals surface area (Å²) in [4.78, 5) is 28.1. The van der Waals surface area contributed by atoms with E-state index in [0.717, 1.165) is 6.07 Å². The maximum atomic E-state index is 15.3. The Morgan fingerprint density at radius 3 is 2.92 bits per heavy atom. The van der Waals surface area contributed by atoms with Crippen molar-refractivity contribution >= 4 is 23.3 Å². The van der Waals surface area contributed by atoms with Gasteiger partial charge in [-0.2, -0.15) is 0 Å². The van der Waals surface area contributed by atoms with Gasteiger partial charge in [0.15, 0.2) is 5.78 Å². The molecule has 1 N–H and O–H groups in total. The molecule has 4 nitrogen and oxygen atoms in total. The van der Waals surface area contributed by atoms with E-state index in [4.69, 9.17) is 11.6 Å². The highest BCUT2D eigenvalue weighted by Gasteiger charge is 2.46. The van der Waals surface area contributed by atoms with Gasteiger partial charge in [-0.3, -0.25) is 14.6 Å². The fourth-order valence-corrected chi connectivity index (χ4v) is 2.86. The summed E-state index contributed by atoms with van der Waals surface area (Å²) >= 11 is 5.67. The highest BCUT2D eigenvalue weighted by Crippen LogP contribution is 2.38. The van der Waals surface area contributed by atoms with Crippen LogP contribution in [0.3, 0.4) is 0 Å². The molecule has 1 amide bonds. The maximum Gasteiger partial charge on any atom is 0.262 e. The number of amides is 1. The number of carbonyl (C=O) groups excluding carboxylic acids is 2. The van der Waals surface area contributed by atoms with Gasteiger partial charge < -0.3 is 5.32 Å². The molecule has 1 heterocycles. The zero-order chi connectivity index (χ0) is 17.3. The normalized spacial score (nSPS) is 19.7. The van der Waals surface area contributed by atoms with E-state index < -0.39 is 17.4 Å². The number of alkyl halides is 1. The molecule has 2 aromatic rings. The number of halogens is 3. The van der Waals surface area contributed by atoms with Gasteiger partial charge >= 0.3 is 0 Å². The number of Topliss-reactive ketones (excluding diaryl/α,β-unsaturated/α-hetero) is 1. The highest BCUT2D eigenvalue weighted by atomic mass is 35.5. The van der Waals surface area contributed by atoms with Crippen molar-refractivity contribution in [1.82, 2.24) is 10.3 Å². The highest BCUT2D eigenvalue weighted by molar-refractivity contribution is 6.30. The zero-order valence-corrected chi connectivity index (χ0v) is 13.2. The van der Waals surface area contributed by atoms with Crippen LogP contribution >= 0.6 is 11.6 Å². The zero-order valence-electron chi connectivity index (χ0n) is 12.5. The molecule has 24 heavy (non-hydrogen) atoms. The quantitative estimate of drug-likeness (QED) is 0.923. The van der Waals surface area contributed by atoms with E-state index in [1.165, 1.54) is 30.5 Å². The van der Waals surface area contributed by atoms with Gasteiger partial charge in [0.25, 0.3) is 5.91 Å². The minimum atomic E-state index is -2.36. The molecule has 0 saturated heterocycles. The summed E-state index contributed by atoms with van der Waals surface area (Å²) in [6.07, 6.45) is 1.01. The van der Waals surface area contributed by atoms with Crippen LogP contribution in [0.1, 0.15) is 34.5 Å². The van der Waals surface area contributed by atoms with Crippen LogP contribution in [0.2, 0.25) is 5.02 Å². The van der Waals surface area contributed by atoms with Crippen LogP contribution in [0.15, 0.2) is 36.5 Å². The summed E-state index contributed by atoms with van der Waals surface area (Å²) in [6.45, 7) is -0.183. The average molecular weight is 351 g/mol. The van der Waals surface area contributed by atoms with Crippen LogP contribution in [0.5, 0.6) is 0 Å². The molecule has 1 aliphatic carbocycles. The lowest BCUT2D eigenvalue weighted by molar-refractivity contribution is -0.134. The predicted molar refractivity (Wildman–Crippen MR) is 83.8 cm³/mol. The number of pyridine rings is 1. The van der Waals surface area contributed by atoms with E-state index in [0.29, 0.717) is 0 Å². The van der Waals surface area contributed by atoms with Crippen molar-refractivity contribution in [2.24, 2.45) is 0 Å². The molecular weight excluding hydrogens is 338 g/mol. The van der Waals surface area contributed by atoms with Crippen LogP contribution in [0.4, 0.5) is 8.78 Å². The molecule has 1 aliphatic rings. The van der Waals surface area contributed by atoms with Gasteiger partial charge in [-0.1, -0.05) is 23.7 Å². The molecule has 0 bridgehead atoms. The molecule has 0 aliphatic heterocycles. The fourth-order valence-electron chi connectivity index (χ4n) is 2.70. The second-order valence-corrected chi connectivity index (χ2v) is 5.98. The molecular formula is C17H13ClF2N2O2. The number of aromatic nitrogens is 1. The summed E-state index contributed by atoms with van der Waals surface area (Å²) in [7, 11) is 0. The Hall–Kier alpha value is -2.34. The first kappa shape index (κ1) is 16.5. The summed E-state index contributed by atoms with van der Waals surface area (Å²) in [5.41, 5.74) is -2.25. The Morgan fingerprint density at radius 2 is 2.17 bits per heavy atom. The molecule has 1 atom stereocenters. The molecule has 3 rings (SSSR count). The molecule has 0 saturated carbocycles. The lowest BCUT2D eigenvalue weighted by Gasteiger charge is -2.29. The van der Waals surface area contributed by atoms with Crippen LogP contribution in [-0.2, 0) is 17.0 Å². The van der Waals surface area contributed by atoms with E-state index in [1.54, 1.807) is 0 Å². The van der Waals surface area contributed by atoms with Crippen LogP contribution in [-0.4, -0.2) is 16.7 Å². The Labute approximate surface area is 141 Å². The molecule has 0 spiro atoms. The fraction of sp³-hybridized carbons (Fsp3) is 0.235. The van der Waals surface area contributed by atoms with Crippen molar-refractivity contribution in [1.29, 1.82) is 0 Å². The molecule has 1 aromatic heterocycles. The number of nitrogens with zero attached hydrogens (tertiary/aromatic N) is 1. The lowest BCUT2D eigenvalue weighted by atomic mass is 9.81. The number of carbonyl (C=O) groups is 2. The van der Waals surface area contributed by atoms with Gasteiger partial charge in [0.1, 0.15) is 11.5 Å². The monoisotopic (exact) mass is 350 g/mol. The van der Waals surface area contributed by atoms with Crippen molar-refractivity contribution in [2.45, 2.75) is 25.1 Å². The van der Waals surface area contributed by atoms with E-state index in [9.17, 15) is 14.0 Å². The van der Waals surface area contributed by atoms with E-state index in [2.05, 4.69) is 10.3 Å². The summed E-state index contributed by atoms with van der Waals surface area (Å²) in [5.74, 6) is -1.80. The van der Waals surface area contributed by atoms with Crippen molar-refractivity contribution in [3.05, 3.63) is 64.2 Å². The number of hydrogen-bond donors (Lipinski definition) is 1. The van der Waals surface area contributed by atoms with Gasteiger partial charge in [0.05, 0.1) is 0 Å². The minimum absolute atomic E-state index is 0.0286. The van der Waals surface area contributed by atoms with Crippen LogP contribution in [0, 0.1) is 5.82 Å². The van der Waals surface area contributed by atoms with Crippen molar-refractivity contribution in [3.8, 4) is 0 Å². The average Bonchev–Trinajstić information content (AvgIpc) is 2.57. The number of fused-ring (bicyclic) bond motifs is 1. The van der Waals surface area contributed by atoms with Crippen LogP contribution in [0.25, 0.3) is 0 Å². The van der Waals surface area contributed by atoms with Gasteiger partial charge in [-0.05, 0) is 18.2 Å². The van der Waals surface area contributed by atoms with Crippen molar-refractivity contribution < 1.29 is 18.4 Å². The SMILES string of the molecule is O=C1CCC(F)(C(=O)NCc2ccc(Cl)cc2F)c2cccnc21. The number of benzene rings is 1. The first-order chi connectivity index (χ1) is 11.4. The van der Waals surface area contributed by atoms with E-state index in [1.807, 2.05) is 0 Å². The molecule has 7 heteroatoms. The number of rotatable bonds is 3. The van der Waals surface area contributed by atoms with Gasteiger partial charge in [0.2, 0.25) is 5.67 Å². The number of nitrogens with one attached hydrogen (secondary N) is 1. The number of ketones is 1. The molecule has 0 fully saturated rings. The summed E-state index contributed by atoms with van der Waals surface area (Å²) in [5, 5.41) is 2.62. The molecule has 1 aromatic carbocycles. The van der Waals surface area contributed by atoms with E-state index >= 15 is 4.39 Å². The Kier molecular flexibility index (Phi) is 4.32. The van der Waals surface area contributed by atoms with Crippen molar-refractivity contribution in [2.75, 3.05) is 0 Å². The largest absolute Gasteiger partial charge is 0.349 e. The van der Waals surface area contributed by atoms with Crippen LogP contribution < -0.4 is 5.32 Å². The maximum absolute atomic E-state index is 15.3. The third-order valence-electron chi connectivity index (χ3n) is 4.01. The Bertz CT molecular complexity index is 828. The minimum Gasteiger partial charge on any atom is -0.349 e. The lowest BCUT2D eigenvalue weighted by Crippen LogP contribution is -2.44. The standard InChI is InChI=1S/C17H13ClF2N2O2/c18-11-4-3-10(13(19)8-11)9-22-16(24)17(20)6-5-14(23)15-12(17)2-1-7-21-15/h1-4,7-8H,5-6,9H2,(H,22,24). The second-order valence-electron chi connectivity index (χ2n) is 5.54. The smallest absolute Gasteiger partial charge is 0.262 e. The molecule has 0 radical (unpaired) electrons. The van der Waals surface area contributed by atoms with Crippen molar-refractivity contribution in [3.63, 3.8) is 0 Å². The van der Waals surface area contributed by atoms with Gasteiger partial charge in [0, 0.05) is 41.7 Å². The third kappa shape index (κ3) is 2.89. The topological polar surface area (TPSA) is 59.1 Å². The number of hydrogen-bond acceptors (Lipinski definition) is 3. The Morgan fingerprint density at radius 1 is 1.38 bits per heavy atom. The first-order valence-corrected chi connectivity index (χ1v) is 7.69. The molecule has 1 unspecified atom stereocenters. The van der Waals surface area contributed by atoms with Gasteiger partial charge in [-0.25, -0.2) is 8.78 Å². The Balaban J connectivity index is 1.82. The van der Waals surface area contributed by atoms with Gasteiger partial charge in [-0.15, -0.1) is 0 Å². The summed E-state index contributed by atoms with van der Waals surface area (Å²) in [6, 6.07) is 6.87.